The first-order valence-corrected chi connectivity index (χ1v) is 6.90. The highest BCUT2D eigenvalue weighted by Crippen LogP contribution is 2.32. The minimum Gasteiger partial charge on any atom is -0.493 e. The lowest BCUT2D eigenvalue weighted by molar-refractivity contribution is 0.355. The average molecular weight is 273 g/mol. The van der Waals surface area contributed by atoms with Crippen molar-refractivity contribution in [3.63, 3.8) is 0 Å². The van der Waals surface area contributed by atoms with E-state index in [0.717, 1.165) is 23.6 Å². The fraction of sp³-hybridized carbons (Fsp3) is 0.467. The van der Waals surface area contributed by atoms with Gasteiger partial charge in [-0.2, -0.15) is 5.10 Å². The summed E-state index contributed by atoms with van der Waals surface area (Å²) in [6.45, 7) is 2.19. The van der Waals surface area contributed by atoms with E-state index in [0.29, 0.717) is 17.5 Å². The van der Waals surface area contributed by atoms with E-state index >= 15 is 0 Å². The minimum absolute atomic E-state index is 0.431. The number of methoxy groups -OCH3 is 2. The largest absolute Gasteiger partial charge is 0.493 e. The van der Waals surface area contributed by atoms with Gasteiger partial charge in [-0.25, -0.2) is 9.67 Å². The molecule has 1 aliphatic heterocycles. The molecule has 0 N–H and O–H groups in total. The van der Waals surface area contributed by atoms with Crippen LogP contribution in [0.2, 0.25) is 0 Å². The zero-order valence-corrected chi connectivity index (χ0v) is 12.1. The number of aryl methyl sites for hydroxylation is 1. The lowest BCUT2D eigenvalue weighted by atomic mass is 10.1. The Morgan fingerprint density at radius 1 is 1.20 bits per heavy atom. The van der Waals surface area contributed by atoms with Gasteiger partial charge in [0.15, 0.2) is 17.3 Å². The van der Waals surface area contributed by atoms with E-state index in [1.165, 1.54) is 12.8 Å². The Hall–Kier alpha value is -2.04. The summed E-state index contributed by atoms with van der Waals surface area (Å²) in [5.74, 6) is 3.25. The van der Waals surface area contributed by atoms with Crippen LogP contribution in [0.4, 0.5) is 0 Å². The molecule has 3 rings (SSSR count). The van der Waals surface area contributed by atoms with Crippen LogP contribution in [0.25, 0.3) is 11.4 Å². The molecule has 20 heavy (non-hydrogen) atoms. The van der Waals surface area contributed by atoms with Crippen LogP contribution in [0.15, 0.2) is 18.2 Å². The first kappa shape index (κ1) is 13.0. The minimum atomic E-state index is 0.431. The summed E-state index contributed by atoms with van der Waals surface area (Å²) in [7, 11) is 3.27. The van der Waals surface area contributed by atoms with Crippen molar-refractivity contribution in [1.29, 1.82) is 0 Å². The molecule has 0 aliphatic carbocycles. The van der Waals surface area contributed by atoms with Crippen molar-refractivity contribution in [3.05, 3.63) is 24.0 Å². The van der Waals surface area contributed by atoms with Crippen molar-refractivity contribution in [1.82, 2.24) is 14.8 Å². The molecule has 106 valence electrons. The Kier molecular flexibility index (Phi) is 3.34. The number of ether oxygens (including phenoxy) is 2. The molecule has 2 heterocycles. The van der Waals surface area contributed by atoms with E-state index in [1.807, 2.05) is 18.2 Å². The summed E-state index contributed by atoms with van der Waals surface area (Å²) in [6, 6.07) is 6.20. The van der Waals surface area contributed by atoms with Gasteiger partial charge in [0.1, 0.15) is 5.82 Å². The van der Waals surface area contributed by atoms with E-state index in [9.17, 15) is 0 Å². The number of fused-ring (bicyclic) bond motifs is 1. The monoisotopic (exact) mass is 273 g/mol. The molecule has 2 aromatic rings. The molecule has 0 saturated heterocycles. The molecule has 1 unspecified atom stereocenters. The fourth-order valence-electron chi connectivity index (χ4n) is 2.65. The molecule has 0 saturated carbocycles. The second kappa shape index (κ2) is 5.15. The summed E-state index contributed by atoms with van der Waals surface area (Å²) < 4.78 is 12.6. The molecule has 5 nitrogen and oxygen atoms in total. The first-order valence-electron chi connectivity index (χ1n) is 6.90. The molecule has 0 radical (unpaired) electrons. The number of hydrogen-bond acceptors (Lipinski definition) is 4. The Balaban J connectivity index is 2.01. The van der Waals surface area contributed by atoms with Crippen LogP contribution in [0.3, 0.4) is 0 Å². The molecular formula is C15H19N3O2. The smallest absolute Gasteiger partial charge is 0.181 e. The summed E-state index contributed by atoms with van der Waals surface area (Å²) in [6.07, 6.45) is 3.36. The van der Waals surface area contributed by atoms with Gasteiger partial charge in [-0.05, 0) is 38.0 Å². The van der Waals surface area contributed by atoms with E-state index in [4.69, 9.17) is 9.47 Å². The van der Waals surface area contributed by atoms with Crippen molar-refractivity contribution >= 4 is 0 Å². The molecule has 1 aromatic heterocycles. The molecule has 0 spiro atoms. The summed E-state index contributed by atoms with van der Waals surface area (Å²) in [5.41, 5.74) is 0.955. The lowest BCUT2D eigenvalue weighted by Crippen LogP contribution is -2.16. The molecular weight excluding hydrogens is 254 g/mol. The van der Waals surface area contributed by atoms with Crippen molar-refractivity contribution < 1.29 is 9.47 Å². The zero-order valence-electron chi connectivity index (χ0n) is 12.1. The Morgan fingerprint density at radius 3 is 2.70 bits per heavy atom. The van der Waals surface area contributed by atoms with Crippen molar-refractivity contribution in [2.75, 3.05) is 14.2 Å². The molecule has 1 aliphatic rings. The zero-order chi connectivity index (χ0) is 14.1. The van der Waals surface area contributed by atoms with Gasteiger partial charge < -0.3 is 9.47 Å². The Labute approximate surface area is 118 Å². The Bertz CT molecular complexity index is 622. The number of hydrogen-bond donors (Lipinski definition) is 0. The molecule has 0 bridgehead atoms. The van der Waals surface area contributed by atoms with E-state index in [2.05, 4.69) is 21.7 Å². The highest BCUT2D eigenvalue weighted by atomic mass is 16.5. The van der Waals surface area contributed by atoms with E-state index in [1.54, 1.807) is 14.2 Å². The average Bonchev–Trinajstić information content (AvgIpc) is 2.92. The number of benzene rings is 1. The third-order valence-corrected chi connectivity index (χ3v) is 3.78. The van der Waals surface area contributed by atoms with Gasteiger partial charge in [-0.3, -0.25) is 0 Å². The van der Waals surface area contributed by atoms with Crippen LogP contribution < -0.4 is 9.47 Å². The van der Waals surface area contributed by atoms with E-state index in [-0.39, 0.29) is 0 Å². The third kappa shape index (κ3) is 2.13. The summed E-state index contributed by atoms with van der Waals surface area (Å²) >= 11 is 0. The second-order valence-corrected chi connectivity index (χ2v) is 5.11. The van der Waals surface area contributed by atoms with Gasteiger partial charge in [0.2, 0.25) is 0 Å². The topological polar surface area (TPSA) is 49.2 Å². The van der Waals surface area contributed by atoms with Crippen LogP contribution in [-0.4, -0.2) is 29.0 Å². The summed E-state index contributed by atoms with van der Waals surface area (Å²) in [4.78, 5) is 4.66. The van der Waals surface area contributed by atoms with Crippen LogP contribution in [-0.2, 0) is 6.42 Å². The van der Waals surface area contributed by atoms with Crippen LogP contribution in [0.1, 0.15) is 31.6 Å². The van der Waals surface area contributed by atoms with Crippen molar-refractivity contribution in [2.24, 2.45) is 0 Å². The highest BCUT2D eigenvalue weighted by Gasteiger charge is 2.20. The maximum absolute atomic E-state index is 5.33. The second-order valence-electron chi connectivity index (χ2n) is 5.11. The molecule has 0 amide bonds. The molecule has 0 fully saturated rings. The maximum Gasteiger partial charge on any atom is 0.181 e. The van der Waals surface area contributed by atoms with Crippen LogP contribution in [0.5, 0.6) is 11.5 Å². The van der Waals surface area contributed by atoms with Gasteiger partial charge in [0.05, 0.1) is 20.3 Å². The lowest BCUT2D eigenvalue weighted by Gasteiger charge is -2.18. The van der Waals surface area contributed by atoms with Gasteiger partial charge in [-0.15, -0.1) is 0 Å². The SMILES string of the molecule is COc1ccc(-c2nc3n(n2)C(C)CCC3)cc1OC. The number of nitrogens with zero attached hydrogens (tertiary/aromatic N) is 3. The molecule has 1 atom stereocenters. The van der Waals surface area contributed by atoms with Gasteiger partial charge in [0.25, 0.3) is 0 Å². The molecule has 1 aromatic carbocycles. The number of rotatable bonds is 3. The predicted molar refractivity (Wildman–Crippen MR) is 76.2 cm³/mol. The van der Waals surface area contributed by atoms with Crippen molar-refractivity contribution in [3.8, 4) is 22.9 Å². The highest BCUT2D eigenvalue weighted by molar-refractivity contribution is 5.61. The Morgan fingerprint density at radius 2 is 2.00 bits per heavy atom. The standard InChI is InChI=1S/C15H19N3O2/c1-10-5-4-6-14-16-15(17-18(10)14)11-7-8-12(19-2)13(9-11)20-3/h7-10H,4-6H2,1-3H3. The normalized spacial score (nSPS) is 17.6. The first-order chi connectivity index (χ1) is 9.72. The molecule has 5 heteroatoms. The number of aromatic nitrogens is 3. The van der Waals surface area contributed by atoms with Crippen LogP contribution in [0, 0.1) is 0 Å². The van der Waals surface area contributed by atoms with E-state index < -0.39 is 0 Å². The van der Waals surface area contributed by atoms with Gasteiger partial charge in [-0.1, -0.05) is 0 Å². The predicted octanol–water partition coefficient (Wildman–Crippen LogP) is 2.86. The van der Waals surface area contributed by atoms with Gasteiger partial charge in [0, 0.05) is 12.0 Å². The van der Waals surface area contributed by atoms with Gasteiger partial charge >= 0.3 is 0 Å². The van der Waals surface area contributed by atoms with Crippen LogP contribution >= 0.6 is 0 Å². The van der Waals surface area contributed by atoms with Crippen molar-refractivity contribution in [2.45, 2.75) is 32.2 Å². The maximum atomic E-state index is 5.33. The fourth-order valence-corrected chi connectivity index (χ4v) is 2.65. The quantitative estimate of drug-likeness (QED) is 0.862. The third-order valence-electron chi connectivity index (χ3n) is 3.78. The summed E-state index contributed by atoms with van der Waals surface area (Å²) in [5, 5.41) is 4.64.